The molecule has 2 N–H and O–H groups in total. The molecule has 3 aromatic carbocycles. The Morgan fingerprint density at radius 2 is 1.71 bits per heavy atom. The number of thioether (sulfide) groups is 1. The van der Waals surface area contributed by atoms with Crippen LogP contribution in [0.2, 0.25) is 0 Å². The third-order valence-electron chi connectivity index (χ3n) is 8.15. The molecule has 1 heterocycles. The zero-order chi connectivity index (χ0) is 22.9. The third-order valence-corrected chi connectivity index (χ3v) is 9.18. The Kier molecular flexibility index (Phi) is 6.09. The van der Waals surface area contributed by atoms with Crippen molar-refractivity contribution in [1.82, 2.24) is 5.32 Å². The molecular weight excluding hydrogens is 436 g/mol. The Balaban J connectivity index is 1.15. The van der Waals surface area contributed by atoms with Gasteiger partial charge in [0.1, 0.15) is 0 Å². The van der Waals surface area contributed by atoms with Crippen LogP contribution >= 0.6 is 11.8 Å². The van der Waals surface area contributed by atoms with Gasteiger partial charge in [-0.15, -0.1) is 0 Å². The van der Waals surface area contributed by atoms with Crippen LogP contribution in [0.25, 0.3) is 0 Å². The fraction of sp³-hybridized carbons (Fsp3) is 0.367. The second-order valence-electron chi connectivity index (χ2n) is 10.1. The minimum Gasteiger partial charge on any atom is -0.378 e. The monoisotopic (exact) mass is 468 g/mol. The summed E-state index contributed by atoms with van der Waals surface area (Å²) in [7, 11) is 0. The number of amides is 1. The first-order valence-electron chi connectivity index (χ1n) is 12.6. The average molecular weight is 469 g/mol. The number of carbonyl (C=O) groups excluding carboxylic acids is 1. The molecule has 0 unspecified atom stereocenters. The van der Waals surface area contributed by atoms with Crippen LogP contribution in [-0.2, 0) is 5.75 Å². The Morgan fingerprint density at radius 3 is 2.53 bits per heavy atom. The molecule has 174 valence electrons. The Bertz CT molecular complexity index is 1150. The highest BCUT2D eigenvalue weighted by atomic mass is 32.2. The van der Waals surface area contributed by atoms with Gasteiger partial charge in [0, 0.05) is 29.3 Å². The predicted octanol–water partition coefficient (Wildman–Crippen LogP) is 6.65. The van der Waals surface area contributed by atoms with E-state index in [1.807, 2.05) is 23.9 Å². The highest BCUT2D eigenvalue weighted by molar-refractivity contribution is 7.98. The Hall–Kier alpha value is -2.72. The molecule has 34 heavy (non-hydrogen) atoms. The molecule has 3 aromatic rings. The van der Waals surface area contributed by atoms with Crippen molar-refractivity contribution in [3.05, 3.63) is 101 Å². The summed E-state index contributed by atoms with van der Waals surface area (Å²) >= 11 is 1.86. The lowest BCUT2D eigenvalue weighted by atomic mass is 9.68. The molecule has 4 heteroatoms. The van der Waals surface area contributed by atoms with Crippen molar-refractivity contribution >= 4 is 23.4 Å². The number of rotatable bonds is 7. The summed E-state index contributed by atoms with van der Waals surface area (Å²) in [5, 5.41) is 7.02. The van der Waals surface area contributed by atoms with Crippen LogP contribution in [0.15, 0.2) is 78.9 Å². The zero-order valence-corrected chi connectivity index (χ0v) is 20.3. The molecule has 0 saturated heterocycles. The van der Waals surface area contributed by atoms with Gasteiger partial charge < -0.3 is 10.6 Å². The molecule has 5 atom stereocenters. The van der Waals surface area contributed by atoms with Gasteiger partial charge >= 0.3 is 0 Å². The maximum absolute atomic E-state index is 13.0. The molecule has 0 radical (unpaired) electrons. The summed E-state index contributed by atoms with van der Waals surface area (Å²) in [6, 6.07) is 28.1. The van der Waals surface area contributed by atoms with E-state index in [4.69, 9.17) is 0 Å². The molecule has 3 aliphatic rings. The molecular formula is C30H32N2OS. The molecule has 3 nitrogen and oxygen atoms in total. The number of fused-ring (bicyclic) bond motifs is 7. The van der Waals surface area contributed by atoms with E-state index in [0.717, 1.165) is 28.9 Å². The molecule has 0 spiro atoms. The minimum atomic E-state index is 0.0491. The maximum atomic E-state index is 13.0. The normalized spacial score (nSPS) is 26.4. The lowest BCUT2D eigenvalue weighted by Crippen LogP contribution is -2.35. The molecule has 1 aliphatic heterocycles. The first kappa shape index (κ1) is 21.8. The van der Waals surface area contributed by atoms with Crippen LogP contribution < -0.4 is 10.6 Å². The molecule has 2 aliphatic carbocycles. The third kappa shape index (κ3) is 4.13. The van der Waals surface area contributed by atoms with Crippen molar-refractivity contribution in [3.63, 3.8) is 0 Å². The van der Waals surface area contributed by atoms with E-state index >= 15 is 0 Å². The number of anilines is 1. The van der Waals surface area contributed by atoms with Gasteiger partial charge in [0.15, 0.2) is 0 Å². The van der Waals surface area contributed by atoms with E-state index in [-0.39, 0.29) is 5.91 Å². The quantitative estimate of drug-likeness (QED) is 0.382. The van der Waals surface area contributed by atoms with Crippen LogP contribution in [0.3, 0.4) is 0 Å². The van der Waals surface area contributed by atoms with Gasteiger partial charge in [-0.25, -0.2) is 0 Å². The van der Waals surface area contributed by atoms with Crippen molar-refractivity contribution in [2.24, 2.45) is 17.8 Å². The smallest absolute Gasteiger partial charge is 0.251 e. The summed E-state index contributed by atoms with van der Waals surface area (Å²) in [6.07, 6.45) is 4.03. The second kappa shape index (κ2) is 9.50. The molecule has 2 bridgehead atoms. The van der Waals surface area contributed by atoms with E-state index in [9.17, 15) is 4.79 Å². The van der Waals surface area contributed by atoms with Gasteiger partial charge in [0.2, 0.25) is 0 Å². The zero-order valence-electron chi connectivity index (χ0n) is 19.5. The van der Waals surface area contributed by atoms with Crippen molar-refractivity contribution in [3.8, 4) is 0 Å². The van der Waals surface area contributed by atoms with E-state index in [1.54, 1.807) is 0 Å². The van der Waals surface area contributed by atoms with E-state index in [2.05, 4.69) is 77.4 Å². The Morgan fingerprint density at radius 1 is 0.941 bits per heavy atom. The molecule has 1 amide bonds. The molecule has 6 rings (SSSR count). The minimum absolute atomic E-state index is 0.0491. The summed E-state index contributed by atoms with van der Waals surface area (Å²) in [5.41, 5.74) is 6.11. The highest BCUT2D eigenvalue weighted by Crippen LogP contribution is 2.63. The van der Waals surface area contributed by atoms with Gasteiger partial charge in [0.05, 0.1) is 6.04 Å². The van der Waals surface area contributed by atoms with Crippen molar-refractivity contribution in [2.75, 3.05) is 17.6 Å². The number of nitrogens with one attached hydrogen (secondary N) is 2. The van der Waals surface area contributed by atoms with Gasteiger partial charge in [-0.1, -0.05) is 60.7 Å². The summed E-state index contributed by atoms with van der Waals surface area (Å²) in [5.74, 6) is 4.69. The van der Waals surface area contributed by atoms with E-state index < -0.39 is 0 Å². The van der Waals surface area contributed by atoms with Crippen molar-refractivity contribution < 1.29 is 4.79 Å². The fourth-order valence-electron chi connectivity index (χ4n) is 6.72. The van der Waals surface area contributed by atoms with Gasteiger partial charge in [0.25, 0.3) is 5.91 Å². The van der Waals surface area contributed by atoms with Crippen LogP contribution in [0, 0.1) is 17.8 Å². The summed E-state index contributed by atoms with van der Waals surface area (Å²) in [6.45, 7) is 0.693. The van der Waals surface area contributed by atoms with Crippen molar-refractivity contribution in [1.29, 1.82) is 0 Å². The standard InChI is InChI=1S/C30H32N2OS/c33-30(31-15-16-34-19-20-7-3-1-4-8-20)24-13-14-26-25(18-24)27-22-11-12-23(17-22)28(27)29(32-26)21-9-5-2-6-10-21/h1-10,13-14,18,22-23,27-29,32H,11-12,15-17,19H2,(H,31,33)/t22-,23-,27-,28-,29+/m0/s1. The van der Waals surface area contributed by atoms with E-state index in [1.165, 1.54) is 41.6 Å². The maximum Gasteiger partial charge on any atom is 0.251 e. The van der Waals surface area contributed by atoms with Crippen molar-refractivity contribution in [2.45, 2.75) is 37.0 Å². The molecule has 2 saturated carbocycles. The fourth-order valence-corrected chi connectivity index (χ4v) is 7.54. The predicted molar refractivity (Wildman–Crippen MR) is 141 cm³/mol. The number of benzene rings is 3. The molecule has 2 fully saturated rings. The van der Waals surface area contributed by atoms with Gasteiger partial charge in [-0.2, -0.15) is 11.8 Å². The number of carbonyl (C=O) groups is 1. The summed E-state index contributed by atoms with van der Waals surface area (Å²) in [4.78, 5) is 13.0. The lowest BCUT2D eigenvalue weighted by Gasteiger charge is -2.43. The largest absolute Gasteiger partial charge is 0.378 e. The first-order chi connectivity index (χ1) is 16.8. The van der Waals surface area contributed by atoms with E-state index in [0.29, 0.717) is 24.4 Å². The summed E-state index contributed by atoms with van der Waals surface area (Å²) < 4.78 is 0. The van der Waals surface area contributed by atoms with Crippen LogP contribution in [0.4, 0.5) is 5.69 Å². The first-order valence-corrected chi connectivity index (χ1v) is 13.8. The topological polar surface area (TPSA) is 41.1 Å². The average Bonchev–Trinajstić information content (AvgIpc) is 3.52. The van der Waals surface area contributed by atoms with Gasteiger partial charge in [-0.3, -0.25) is 4.79 Å². The second-order valence-corrected chi connectivity index (χ2v) is 11.2. The van der Waals surface area contributed by atoms with Crippen LogP contribution in [-0.4, -0.2) is 18.2 Å². The number of hydrogen-bond donors (Lipinski definition) is 2. The number of hydrogen-bond acceptors (Lipinski definition) is 3. The highest BCUT2D eigenvalue weighted by Gasteiger charge is 2.53. The van der Waals surface area contributed by atoms with Crippen LogP contribution in [0.1, 0.15) is 58.3 Å². The Labute approximate surface area is 206 Å². The van der Waals surface area contributed by atoms with Gasteiger partial charge in [-0.05, 0) is 77.8 Å². The van der Waals surface area contributed by atoms with Crippen LogP contribution in [0.5, 0.6) is 0 Å². The lowest BCUT2D eigenvalue weighted by molar-refractivity contribution is 0.0956. The SMILES string of the molecule is O=C(NCCSCc1ccccc1)c1ccc2c(c1)[C@@H]1[C@H]3CC[C@@H](C3)[C@@H]1[C@@H](c1ccccc1)N2. The molecule has 0 aromatic heterocycles.